The summed E-state index contributed by atoms with van der Waals surface area (Å²) in [4.78, 5) is 0. The van der Waals surface area contributed by atoms with E-state index in [0.29, 0.717) is 13.0 Å². The molecule has 1 aliphatic rings. The zero-order chi connectivity index (χ0) is 15.5. The highest BCUT2D eigenvalue weighted by molar-refractivity contribution is 9.10. The van der Waals surface area contributed by atoms with Crippen LogP contribution in [-0.4, -0.2) is 33.2 Å². The van der Waals surface area contributed by atoms with Gasteiger partial charge in [-0.2, -0.15) is 5.10 Å². The van der Waals surface area contributed by atoms with E-state index in [-0.39, 0.29) is 5.60 Å². The van der Waals surface area contributed by atoms with Crippen molar-refractivity contribution in [1.29, 1.82) is 0 Å². The number of ether oxygens (including phenoxy) is 1. The fourth-order valence-corrected chi connectivity index (χ4v) is 4.14. The minimum absolute atomic E-state index is 0.358. The highest BCUT2D eigenvalue weighted by atomic mass is 79.9. The maximum absolute atomic E-state index is 10.8. The first-order valence-electron chi connectivity index (χ1n) is 8.14. The standard InChI is InChI=1S/C16H27BrN2O2/c1-4-12-15(17)13(19(5-2)18-12)11-14(20)16(21-6-3)9-7-8-10-16/h14,20H,4-11H2,1-3H3. The third-order valence-electron chi connectivity index (χ3n) is 4.57. The lowest BCUT2D eigenvalue weighted by Gasteiger charge is -2.34. The Hall–Kier alpha value is -0.390. The maximum Gasteiger partial charge on any atom is 0.0943 e. The Kier molecular flexibility index (Phi) is 5.86. The number of hydrogen-bond donors (Lipinski definition) is 1. The van der Waals surface area contributed by atoms with Crippen molar-refractivity contribution < 1.29 is 9.84 Å². The average molecular weight is 359 g/mol. The van der Waals surface area contributed by atoms with Crippen molar-refractivity contribution in [1.82, 2.24) is 9.78 Å². The highest BCUT2D eigenvalue weighted by Crippen LogP contribution is 2.38. The summed E-state index contributed by atoms with van der Waals surface area (Å²) in [7, 11) is 0. The lowest BCUT2D eigenvalue weighted by molar-refractivity contribution is -0.116. The van der Waals surface area contributed by atoms with Gasteiger partial charge in [0.05, 0.1) is 27.6 Å². The number of nitrogens with zero attached hydrogens (tertiary/aromatic N) is 2. The topological polar surface area (TPSA) is 47.3 Å². The molecule has 1 N–H and O–H groups in total. The van der Waals surface area contributed by atoms with Gasteiger partial charge in [-0.1, -0.05) is 19.8 Å². The quantitative estimate of drug-likeness (QED) is 0.811. The molecule has 1 aromatic rings. The zero-order valence-electron chi connectivity index (χ0n) is 13.4. The largest absolute Gasteiger partial charge is 0.390 e. The normalized spacial score (nSPS) is 19.1. The monoisotopic (exact) mass is 358 g/mol. The summed E-state index contributed by atoms with van der Waals surface area (Å²) in [6.07, 6.45) is 5.23. The molecular formula is C16H27BrN2O2. The van der Waals surface area contributed by atoms with Crippen LogP contribution >= 0.6 is 15.9 Å². The van der Waals surface area contributed by atoms with E-state index >= 15 is 0 Å². The summed E-state index contributed by atoms with van der Waals surface area (Å²) in [5.41, 5.74) is 1.80. The van der Waals surface area contributed by atoms with Gasteiger partial charge in [-0.15, -0.1) is 0 Å². The first-order valence-corrected chi connectivity index (χ1v) is 8.93. The molecule has 1 aliphatic carbocycles. The SMILES string of the molecule is CCOC1(C(O)Cc2c(Br)c(CC)nn2CC)CCCC1. The van der Waals surface area contributed by atoms with Gasteiger partial charge in [0.25, 0.3) is 0 Å². The van der Waals surface area contributed by atoms with Crippen LogP contribution in [0, 0.1) is 0 Å². The molecule has 4 nitrogen and oxygen atoms in total. The molecule has 1 fully saturated rings. The Balaban J connectivity index is 2.22. The molecule has 0 amide bonds. The second-order valence-corrected chi connectivity index (χ2v) is 6.59. The number of hydrogen-bond acceptors (Lipinski definition) is 3. The van der Waals surface area contributed by atoms with E-state index in [2.05, 4.69) is 34.9 Å². The summed E-state index contributed by atoms with van der Waals surface area (Å²) in [5.74, 6) is 0. The third-order valence-corrected chi connectivity index (χ3v) is 5.49. The molecule has 1 saturated carbocycles. The van der Waals surface area contributed by atoms with E-state index in [0.717, 1.165) is 54.5 Å². The molecule has 1 unspecified atom stereocenters. The maximum atomic E-state index is 10.8. The first kappa shape index (κ1) is 17.0. The number of aromatic nitrogens is 2. The summed E-state index contributed by atoms with van der Waals surface area (Å²) >= 11 is 3.66. The molecule has 0 aromatic carbocycles. The third kappa shape index (κ3) is 3.35. The van der Waals surface area contributed by atoms with Crippen LogP contribution in [0.15, 0.2) is 4.47 Å². The fraction of sp³-hybridized carbons (Fsp3) is 0.812. The molecular weight excluding hydrogens is 332 g/mol. The lowest BCUT2D eigenvalue weighted by atomic mass is 9.91. The molecule has 1 atom stereocenters. The van der Waals surface area contributed by atoms with Crippen LogP contribution < -0.4 is 0 Å². The van der Waals surface area contributed by atoms with Gasteiger partial charge < -0.3 is 9.84 Å². The molecule has 1 aromatic heterocycles. The van der Waals surface area contributed by atoms with Crippen LogP contribution in [-0.2, 0) is 24.1 Å². The number of rotatable bonds is 7. The predicted molar refractivity (Wildman–Crippen MR) is 87.5 cm³/mol. The van der Waals surface area contributed by atoms with Crippen LogP contribution in [0.4, 0.5) is 0 Å². The van der Waals surface area contributed by atoms with Gasteiger partial charge in [0.15, 0.2) is 0 Å². The number of aryl methyl sites for hydroxylation is 2. The van der Waals surface area contributed by atoms with Gasteiger partial charge in [-0.05, 0) is 49.0 Å². The van der Waals surface area contributed by atoms with Gasteiger partial charge in [0, 0.05) is 19.6 Å². The Bertz CT molecular complexity index is 467. The van der Waals surface area contributed by atoms with Crippen molar-refractivity contribution in [2.75, 3.05) is 6.61 Å². The van der Waals surface area contributed by atoms with Crippen molar-refractivity contribution in [2.45, 2.75) is 77.5 Å². The van der Waals surface area contributed by atoms with Gasteiger partial charge in [0.2, 0.25) is 0 Å². The number of halogens is 1. The van der Waals surface area contributed by atoms with Crippen molar-refractivity contribution in [2.24, 2.45) is 0 Å². The molecule has 5 heteroatoms. The summed E-state index contributed by atoms with van der Waals surface area (Å²) in [5, 5.41) is 15.4. The molecule has 120 valence electrons. The Labute approximate surface area is 136 Å². The van der Waals surface area contributed by atoms with E-state index in [1.165, 1.54) is 0 Å². The Morgan fingerprint density at radius 3 is 2.52 bits per heavy atom. The van der Waals surface area contributed by atoms with E-state index in [4.69, 9.17) is 4.74 Å². The van der Waals surface area contributed by atoms with Crippen molar-refractivity contribution in [3.05, 3.63) is 15.9 Å². The van der Waals surface area contributed by atoms with E-state index in [9.17, 15) is 5.11 Å². The highest BCUT2D eigenvalue weighted by Gasteiger charge is 2.42. The minimum Gasteiger partial charge on any atom is -0.390 e. The van der Waals surface area contributed by atoms with Gasteiger partial charge in [0.1, 0.15) is 0 Å². The summed E-state index contributed by atoms with van der Waals surface area (Å²) < 4.78 is 9.03. The summed E-state index contributed by atoms with van der Waals surface area (Å²) in [6, 6.07) is 0. The van der Waals surface area contributed by atoms with Crippen LogP contribution in [0.3, 0.4) is 0 Å². The lowest BCUT2D eigenvalue weighted by Crippen LogP contribution is -2.44. The zero-order valence-corrected chi connectivity index (χ0v) is 14.9. The molecule has 0 spiro atoms. The van der Waals surface area contributed by atoms with Crippen molar-refractivity contribution >= 4 is 15.9 Å². The van der Waals surface area contributed by atoms with Crippen LogP contribution in [0.1, 0.15) is 57.8 Å². The predicted octanol–water partition coefficient (Wildman–Crippen LogP) is 3.48. The van der Waals surface area contributed by atoms with Crippen LogP contribution in [0.2, 0.25) is 0 Å². The van der Waals surface area contributed by atoms with Crippen LogP contribution in [0.5, 0.6) is 0 Å². The van der Waals surface area contributed by atoms with Crippen molar-refractivity contribution in [3.63, 3.8) is 0 Å². The van der Waals surface area contributed by atoms with E-state index < -0.39 is 6.10 Å². The Morgan fingerprint density at radius 2 is 2.00 bits per heavy atom. The molecule has 0 saturated heterocycles. The number of aliphatic hydroxyl groups is 1. The molecule has 0 radical (unpaired) electrons. The first-order chi connectivity index (χ1) is 10.1. The molecule has 2 rings (SSSR count). The van der Waals surface area contributed by atoms with E-state index in [1.807, 2.05) is 11.6 Å². The van der Waals surface area contributed by atoms with Crippen LogP contribution in [0.25, 0.3) is 0 Å². The molecule has 21 heavy (non-hydrogen) atoms. The number of aliphatic hydroxyl groups excluding tert-OH is 1. The summed E-state index contributed by atoms with van der Waals surface area (Å²) in [6.45, 7) is 7.68. The van der Waals surface area contributed by atoms with Gasteiger partial charge in [-0.3, -0.25) is 4.68 Å². The van der Waals surface area contributed by atoms with Gasteiger partial charge in [-0.25, -0.2) is 0 Å². The molecule has 0 aliphatic heterocycles. The minimum atomic E-state index is -0.469. The van der Waals surface area contributed by atoms with Crippen molar-refractivity contribution in [3.8, 4) is 0 Å². The average Bonchev–Trinajstić information content (AvgIpc) is 3.06. The van der Waals surface area contributed by atoms with Gasteiger partial charge >= 0.3 is 0 Å². The second-order valence-electron chi connectivity index (χ2n) is 5.80. The van der Waals surface area contributed by atoms with E-state index in [1.54, 1.807) is 0 Å². The fourth-order valence-electron chi connectivity index (χ4n) is 3.42. The smallest absolute Gasteiger partial charge is 0.0943 e. The second kappa shape index (κ2) is 7.25. The molecule has 1 heterocycles. The Morgan fingerprint density at radius 1 is 1.33 bits per heavy atom. The molecule has 0 bridgehead atoms.